The minimum atomic E-state index is -2.99. The number of sulfone groups is 1. The molecule has 130 valence electrons. The van der Waals surface area contributed by atoms with Crippen molar-refractivity contribution in [2.75, 3.05) is 23.8 Å². The average molecular weight is 361 g/mol. The van der Waals surface area contributed by atoms with E-state index in [1.165, 1.54) is 11.8 Å². The molecule has 1 amide bonds. The molecule has 1 aromatic rings. The van der Waals surface area contributed by atoms with Crippen molar-refractivity contribution in [1.82, 2.24) is 15.0 Å². The second-order valence-electron chi connectivity index (χ2n) is 5.72. The summed E-state index contributed by atoms with van der Waals surface area (Å²) in [6.45, 7) is 4.40. The fourth-order valence-electron chi connectivity index (χ4n) is 2.57. The zero-order valence-corrected chi connectivity index (χ0v) is 15.2. The van der Waals surface area contributed by atoms with Crippen LogP contribution in [-0.4, -0.2) is 59.2 Å². The summed E-state index contributed by atoms with van der Waals surface area (Å²) in [4.78, 5) is 18.3. The molecule has 1 aliphatic rings. The molecule has 1 saturated heterocycles. The summed E-state index contributed by atoms with van der Waals surface area (Å²) >= 11 is 1.42. The van der Waals surface area contributed by atoms with Gasteiger partial charge < -0.3 is 9.42 Å². The van der Waals surface area contributed by atoms with Crippen LogP contribution in [0.1, 0.15) is 37.9 Å². The van der Waals surface area contributed by atoms with E-state index in [0.29, 0.717) is 36.2 Å². The summed E-state index contributed by atoms with van der Waals surface area (Å²) in [7, 11) is -2.99. The van der Waals surface area contributed by atoms with Crippen LogP contribution in [0.2, 0.25) is 0 Å². The maximum atomic E-state index is 12.5. The third-order valence-electron chi connectivity index (χ3n) is 3.75. The van der Waals surface area contributed by atoms with Gasteiger partial charge in [0, 0.05) is 19.5 Å². The number of hydrogen-bond donors (Lipinski definition) is 0. The van der Waals surface area contributed by atoms with E-state index in [4.69, 9.17) is 4.52 Å². The highest BCUT2D eigenvalue weighted by Gasteiger charge is 2.34. The van der Waals surface area contributed by atoms with Crippen molar-refractivity contribution in [3.8, 4) is 0 Å². The first-order valence-corrected chi connectivity index (χ1v) is 10.8. The summed E-state index contributed by atoms with van der Waals surface area (Å²) in [6, 6.07) is -0.174. The molecule has 1 unspecified atom stereocenters. The first-order chi connectivity index (χ1) is 10.9. The molecule has 1 aromatic heterocycles. The Morgan fingerprint density at radius 2 is 2.26 bits per heavy atom. The molecule has 1 atom stereocenters. The third kappa shape index (κ3) is 5.49. The largest absolute Gasteiger partial charge is 0.340 e. The van der Waals surface area contributed by atoms with E-state index in [0.717, 1.165) is 12.8 Å². The smallest absolute Gasteiger partial charge is 0.232 e. The van der Waals surface area contributed by atoms with Crippen molar-refractivity contribution in [2.45, 2.75) is 44.9 Å². The lowest BCUT2D eigenvalue weighted by Gasteiger charge is -2.28. The van der Waals surface area contributed by atoms with Crippen LogP contribution >= 0.6 is 11.8 Å². The van der Waals surface area contributed by atoms with E-state index in [-0.39, 0.29) is 23.5 Å². The monoisotopic (exact) mass is 361 g/mol. The Balaban J connectivity index is 1.88. The van der Waals surface area contributed by atoms with E-state index in [9.17, 15) is 13.2 Å². The molecule has 2 heterocycles. The molecule has 1 aliphatic heterocycles. The van der Waals surface area contributed by atoms with Crippen LogP contribution in [0, 0.1) is 6.92 Å². The lowest BCUT2D eigenvalue weighted by Crippen LogP contribution is -2.42. The summed E-state index contributed by atoms with van der Waals surface area (Å²) in [5.74, 6) is 2.16. The van der Waals surface area contributed by atoms with E-state index in [1.54, 1.807) is 11.8 Å². The molecule has 9 heteroatoms. The van der Waals surface area contributed by atoms with Gasteiger partial charge in [0.15, 0.2) is 15.7 Å². The number of aryl methyl sites for hydroxylation is 1. The summed E-state index contributed by atoms with van der Waals surface area (Å²) in [5.41, 5.74) is 0. The van der Waals surface area contributed by atoms with Crippen LogP contribution < -0.4 is 0 Å². The lowest BCUT2D eigenvalue weighted by atomic mass is 10.2. The van der Waals surface area contributed by atoms with E-state index < -0.39 is 9.84 Å². The second kappa shape index (κ2) is 8.14. The summed E-state index contributed by atoms with van der Waals surface area (Å²) in [5, 5.41) is 3.79. The first kappa shape index (κ1) is 18.3. The summed E-state index contributed by atoms with van der Waals surface area (Å²) < 4.78 is 28.2. The minimum absolute atomic E-state index is 0.00855. The van der Waals surface area contributed by atoms with E-state index in [2.05, 4.69) is 17.1 Å². The van der Waals surface area contributed by atoms with Crippen LogP contribution in [0.3, 0.4) is 0 Å². The van der Waals surface area contributed by atoms with Crippen LogP contribution in [-0.2, 0) is 20.4 Å². The van der Waals surface area contributed by atoms with Gasteiger partial charge in [-0.3, -0.25) is 4.79 Å². The maximum Gasteiger partial charge on any atom is 0.232 e. The van der Waals surface area contributed by atoms with Gasteiger partial charge >= 0.3 is 0 Å². The topological polar surface area (TPSA) is 93.4 Å². The number of thioether (sulfide) groups is 1. The van der Waals surface area contributed by atoms with E-state index in [1.807, 2.05) is 0 Å². The molecule has 1 fully saturated rings. The number of amides is 1. The normalized spacial score (nSPS) is 19.8. The van der Waals surface area contributed by atoms with Gasteiger partial charge in [-0.1, -0.05) is 18.5 Å². The Labute approximate surface area is 141 Å². The minimum Gasteiger partial charge on any atom is -0.340 e. The molecule has 23 heavy (non-hydrogen) atoms. The fourth-order valence-corrected chi connectivity index (χ4v) is 5.05. The zero-order chi connectivity index (χ0) is 16.9. The van der Waals surface area contributed by atoms with Crippen molar-refractivity contribution < 1.29 is 17.7 Å². The Morgan fingerprint density at radius 1 is 1.48 bits per heavy atom. The summed E-state index contributed by atoms with van der Waals surface area (Å²) in [6.07, 6.45) is 2.40. The molecule has 0 aliphatic carbocycles. The average Bonchev–Trinajstić information content (AvgIpc) is 3.05. The molecule has 0 spiro atoms. The number of nitrogens with zero attached hydrogens (tertiary/aromatic N) is 3. The van der Waals surface area contributed by atoms with Gasteiger partial charge in [0.2, 0.25) is 11.8 Å². The van der Waals surface area contributed by atoms with Gasteiger partial charge in [0.05, 0.1) is 23.0 Å². The number of rotatable bonds is 8. The molecular weight excluding hydrogens is 338 g/mol. The van der Waals surface area contributed by atoms with Crippen molar-refractivity contribution in [3.63, 3.8) is 0 Å². The highest BCUT2D eigenvalue weighted by Crippen LogP contribution is 2.20. The van der Waals surface area contributed by atoms with Crippen LogP contribution in [0.25, 0.3) is 0 Å². The van der Waals surface area contributed by atoms with Gasteiger partial charge in [0.1, 0.15) is 0 Å². The van der Waals surface area contributed by atoms with Crippen molar-refractivity contribution in [2.24, 2.45) is 0 Å². The molecule has 7 nitrogen and oxygen atoms in total. The number of unbranched alkanes of at least 4 members (excludes halogenated alkanes) is 1. The van der Waals surface area contributed by atoms with Crippen LogP contribution in [0.4, 0.5) is 0 Å². The molecule has 0 saturated carbocycles. The Bertz CT molecular complexity index is 630. The van der Waals surface area contributed by atoms with Gasteiger partial charge in [-0.15, -0.1) is 11.8 Å². The maximum absolute atomic E-state index is 12.5. The molecule has 2 rings (SSSR count). The quantitative estimate of drug-likeness (QED) is 0.691. The van der Waals surface area contributed by atoms with Gasteiger partial charge in [-0.2, -0.15) is 4.98 Å². The van der Waals surface area contributed by atoms with Gasteiger partial charge in [-0.05, 0) is 12.8 Å². The second-order valence-corrected chi connectivity index (χ2v) is 8.93. The number of carbonyl (C=O) groups excluding carboxylic acids is 1. The molecule has 0 bridgehead atoms. The predicted octanol–water partition coefficient (Wildman–Crippen LogP) is 1.43. The molecule has 0 radical (unpaired) electrons. The number of hydrogen-bond acceptors (Lipinski definition) is 7. The van der Waals surface area contributed by atoms with Gasteiger partial charge in [0.25, 0.3) is 0 Å². The lowest BCUT2D eigenvalue weighted by molar-refractivity contribution is -0.130. The van der Waals surface area contributed by atoms with Crippen molar-refractivity contribution in [1.29, 1.82) is 0 Å². The Hall–Kier alpha value is -1.09. The molecule has 0 N–H and O–H groups in total. The molecular formula is C14H23N3O4S2. The third-order valence-corrected chi connectivity index (χ3v) is 6.41. The van der Waals surface area contributed by atoms with Crippen molar-refractivity contribution in [3.05, 3.63) is 11.7 Å². The van der Waals surface area contributed by atoms with Crippen LogP contribution in [0.5, 0.6) is 0 Å². The standard InChI is InChI=1S/C14H23N3O4S2/c1-3-4-6-17(12-5-7-23(19,20)10-12)14(18)9-22-8-13-15-11(2)21-16-13/h12H,3-10H2,1-2H3. The van der Waals surface area contributed by atoms with Crippen molar-refractivity contribution >= 4 is 27.5 Å². The SMILES string of the molecule is CCCCN(C(=O)CSCc1noc(C)n1)C1CCS(=O)(=O)C1. The molecule has 0 aromatic carbocycles. The highest BCUT2D eigenvalue weighted by atomic mass is 32.2. The van der Waals surface area contributed by atoms with Crippen LogP contribution in [0.15, 0.2) is 4.52 Å². The fraction of sp³-hybridized carbons (Fsp3) is 0.786. The number of carbonyl (C=O) groups is 1. The Morgan fingerprint density at radius 3 is 2.83 bits per heavy atom. The highest BCUT2D eigenvalue weighted by molar-refractivity contribution is 7.99. The van der Waals surface area contributed by atoms with E-state index >= 15 is 0 Å². The van der Waals surface area contributed by atoms with Gasteiger partial charge in [-0.25, -0.2) is 8.42 Å². The number of aromatic nitrogens is 2. The Kier molecular flexibility index (Phi) is 6.46. The first-order valence-electron chi connectivity index (χ1n) is 7.78. The predicted molar refractivity (Wildman–Crippen MR) is 88.9 cm³/mol. The zero-order valence-electron chi connectivity index (χ0n) is 13.5.